The number of hydrogen-bond donors (Lipinski definition) is 1. The molecule has 0 amide bonds. The Morgan fingerprint density at radius 2 is 1.80 bits per heavy atom. The maximum Gasteiger partial charge on any atom is 0.0141 e. The van der Waals surface area contributed by atoms with Crippen LogP contribution in [0.1, 0.15) is 0 Å². The van der Waals surface area contributed by atoms with E-state index in [1.54, 1.807) is 0 Å². The molecular formula is C7H10NPRu. The van der Waals surface area contributed by atoms with Crippen molar-refractivity contribution in [1.29, 1.82) is 0 Å². The first-order valence-electron chi connectivity index (χ1n) is 2.92. The number of nitrogens with two attached hydrogens (primary N) is 1. The van der Waals surface area contributed by atoms with Crippen LogP contribution in [0.3, 0.4) is 0 Å². The molecule has 1 unspecified atom stereocenters. The number of rotatable bonds is 2. The van der Waals surface area contributed by atoms with Gasteiger partial charge in [-0.05, 0) is 5.30 Å². The van der Waals surface area contributed by atoms with E-state index in [-0.39, 0.29) is 19.5 Å². The van der Waals surface area contributed by atoms with Crippen LogP contribution in [0, 0.1) is 0 Å². The van der Waals surface area contributed by atoms with Crippen LogP contribution in [-0.4, -0.2) is 6.29 Å². The van der Waals surface area contributed by atoms with E-state index in [2.05, 4.69) is 12.1 Å². The summed E-state index contributed by atoms with van der Waals surface area (Å²) in [6, 6.07) is 10.3. The molecule has 0 saturated heterocycles. The molecule has 1 rings (SSSR count). The summed E-state index contributed by atoms with van der Waals surface area (Å²) in [5.74, 6) is 0. The molecule has 3 heteroatoms. The third-order valence-corrected chi connectivity index (χ3v) is 2.03. The van der Waals surface area contributed by atoms with E-state index in [9.17, 15) is 0 Å². The summed E-state index contributed by atoms with van der Waals surface area (Å²) >= 11 is 0. The summed E-state index contributed by atoms with van der Waals surface area (Å²) in [7, 11) is 0.765. The van der Waals surface area contributed by atoms with Crippen molar-refractivity contribution >= 4 is 13.9 Å². The second-order valence-electron chi connectivity index (χ2n) is 1.75. The summed E-state index contributed by atoms with van der Waals surface area (Å²) in [5.41, 5.74) is 5.37. The summed E-state index contributed by atoms with van der Waals surface area (Å²) in [6.07, 6.45) is 0.768. The van der Waals surface area contributed by atoms with Crippen molar-refractivity contribution in [3.63, 3.8) is 0 Å². The quantitative estimate of drug-likeness (QED) is 0.603. The van der Waals surface area contributed by atoms with E-state index >= 15 is 0 Å². The van der Waals surface area contributed by atoms with Crippen molar-refractivity contribution < 1.29 is 19.5 Å². The van der Waals surface area contributed by atoms with Crippen molar-refractivity contribution in [2.75, 3.05) is 6.29 Å². The van der Waals surface area contributed by atoms with E-state index in [4.69, 9.17) is 5.73 Å². The normalized spacial score (nSPS) is 9.70. The van der Waals surface area contributed by atoms with Gasteiger partial charge in [-0.3, -0.25) is 0 Å². The Morgan fingerprint density at radius 1 is 1.20 bits per heavy atom. The minimum atomic E-state index is 0. The first-order valence-corrected chi connectivity index (χ1v) is 4.13. The van der Waals surface area contributed by atoms with Crippen LogP contribution < -0.4 is 11.0 Å². The SMILES string of the molecule is NCPc1ccccc1.[Ru]. The van der Waals surface area contributed by atoms with E-state index in [0.717, 1.165) is 14.9 Å². The summed E-state index contributed by atoms with van der Waals surface area (Å²) < 4.78 is 0. The Labute approximate surface area is 75.9 Å². The van der Waals surface area contributed by atoms with Crippen molar-refractivity contribution in [3.05, 3.63) is 30.3 Å². The zero-order valence-electron chi connectivity index (χ0n) is 5.52. The predicted octanol–water partition coefficient (Wildman–Crippen LogP) is 0.904. The molecular weight excluding hydrogens is 230 g/mol. The van der Waals surface area contributed by atoms with Gasteiger partial charge in [0.15, 0.2) is 0 Å². The third kappa shape index (κ3) is 3.41. The molecule has 0 fully saturated rings. The van der Waals surface area contributed by atoms with Gasteiger partial charge < -0.3 is 5.73 Å². The summed E-state index contributed by atoms with van der Waals surface area (Å²) in [6.45, 7) is 0. The molecule has 0 aromatic heterocycles. The first-order chi connectivity index (χ1) is 4.43. The molecule has 1 atom stereocenters. The van der Waals surface area contributed by atoms with Gasteiger partial charge in [-0.15, -0.1) is 0 Å². The summed E-state index contributed by atoms with van der Waals surface area (Å²) in [5, 5.41) is 1.35. The van der Waals surface area contributed by atoms with Gasteiger partial charge in [0.1, 0.15) is 0 Å². The standard InChI is InChI=1S/C7H10NP.Ru/c8-6-9-7-4-2-1-3-5-7;/h1-5,9H,6,8H2;. The zero-order chi connectivity index (χ0) is 6.53. The smallest absolute Gasteiger partial charge is 0.0141 e. The second-order valence-corrected chi connectivity index (χ2v) is 3.09. The Kier molecular flexibility index (Phi) is 6.12. The van der Waals surface area contributed by atoms with Gasteiger partial charge in [0.05, 0.1) is 0 Å². The molecule has 10 heavy (non-hydrogen) atoms. The Morgan fingerprint density at radius 3 is 2.30 bits per heavy atom. The Bertz CT molecular complexity index is 167. The molecule has 0 radical (unpaired) electrons. The maximum absolute atomic E-state index is 5.37. The van der Waals surface area contributed by atoms with Gasteiger partial charge in [-0.1, -0.05) is 38.9 Å². The predicted molar refractivity (Wildman–Crippen MR) is 43.4 cm³/mol. The van der Waals surface area contributed by atoms with E-state index in [1.165, 1.54) is 5.30 Å². The van der Waals surface area contributed by atoms with E-state index < -0.39 is 0 Å². The van der Waals surface area contributed by atoms with Crippen molar-refractivity contribution in [2.24, 2.45) is 5.73 Å². The fourth-order valence-electron chi connectivity index (χ4n) is 0.674. The number of hydrogen-bond acceptors (Lipinski definition) is 1. The van der Waals surface area contributed by atoms with Gasteiger partial charge >= 0.3 is 0 Å². The van der Waals surface area contributed by atoms with E-state index in [1.807, 2.05) is 18.2 Å². The van der Waals surface area contributed by atoms with Crippen molar-refractivity contribution in [3.8, 4) is 0 Å². The molecule has 0 heterocycles. The Hall–Kier alpha value is 0.233. The molecule has 0 bridgehead atoms. The van der Waals surface area contributed by atoms with Gasteiger partial charge in [0, 0.05) is 25.8 Å². The topological polar surface area (TPSA) is 26.0 Å². The fourth-order valence-corrected chi connectivity index (χ4v) is 1.34. The van der Waals surface area contributed by atoms with Crippen LogP contribution in [0.4, 0.5) is 0 Å². The molecule has 0 aliphatic rings. The minimum Gasteiger partial charge on any atom is -0.327 e. The van der Waals surface area contributed by atoms with Gasteiger partial charge in [0.2, 0.25) is 0 Å². The van der Waals surface area contributed by atoms with Crippen LogP contribution in [0.15, 0.2) is 30.3 Å². The average Bonchev–Trinajstić information content (AvgIpc) is 1.91. The molecule has 1 nitrogen and oxygen atoms in total. The molecule has 1 aromatic rings. The van der Waals surface area contributed by atoms with Gasteiger partial charge in [-0.2, -0.15) is 0 Å². The third-order valence-electron chi connectivity index (χ3n) is 1.08. The summed E-state index contributed by atoms with van der Waals surface area (Å²) in [4.78, 5) is 0. The largest absolute Gasteiger partial charge is 0.327 e. The molecule has 56 valence electrons. The molecule has 0 aliphatic heterocycles. The van der Waals surface area contributed by atoms with Gasteiger partial charge in [-0.25, -0.2) is 0 Å². The minimum absolute atomic E-state index is 0. The van der Waals surface area contributed by atoms with Crippen LogP contribution in [0.5, 0.6) is 0 Å². The Balaban J connectivity index is 0.000000810. The maximum atomic E-state index is 5.37. The molecule has 0 saturated carbocycles. The molecule has 1 aromatic carbocycles. The van der Waals surface area contributed by atoms with Crippen LogP contribution in [0.2, 0.25) is 0 Å². The monoisotopic (exact) mass is 241 g/mol. The molecule has 0 aliphatic carbocycles. The average molecular weight is 240 g/mol. The van der Waals surface area contributed by atoms with Crippen LogP contribution >= 0.6 is 8.58 Å². The zero-order valence-corrected chi connectivity index (χ0v) is 8.26. The van der Waals surface area contributed by atoms with Crippen molar-refractivity contribution in [2.45, 2.75) is 0 Å². The first kappa shape index (κ1) is 10.2. The fraction of sp³-hybridized carbons (Fsp3) is 0.143. The van der Waals surface area contributed by atoms with E-state index in [0.29, 0.717) is 0 Å². The number of benzene rings is 1. The van der Waals surface area contributed by atoms with Crippen LogP contribution in [-0.2, 0) is 19.5 Å². The van der Waals surface area contributed by atoms with Crippen LogP contribution in [0.25, 0.3) is 0 Å². The molecule has 0 spiro atoms. The second kappa shape index (κ2) is 5.98. The van der Waals surface area contributed by atoms with Crippen molar-refractivity contribution in [1.82, 2.24) is 0 Å². The van der Waals surface area contributed by atoms with Gasteiger partial charge in [0.25, 0.3) is 0 Å². The molecule has 2 N–H and O–H groups in total.